The van der Waals surface area contributed by atoms with Crippen LogP contribution < -0.4 is 18.9 Å². The number of carbonyl (C=O) groups excluding carboxylic acids is 1. The summed E-state index contributed by atoms with van der Waals surface area (Å²) in [4.78, 5) is 10.4. The Morgan fingerprint density at radius 2 is 2.30 bits per heavy atom. The molecule has 0 N–H and O–H groups in total. The summed E-state index contributed by atoms with van der Waals surface area (Å²) in [5.74, 6) is -0.501. The van der Waals surface area contributed by atoms with E-state index in [1.54, 1.807) is 6.92 Å². The van der Waals surface area contributed by atoms with Crippen molar-refractivity contribution in [3.8, 4) is 0 Å². The van der Waals surface area contributed by atoms with Gasteiger partial charge in [0, 0.05) is 0 Å². The normalized spacial score (nSPS) is 8.60. The van der Waals surface area contributed by atoms with Crippen LogP contribution in [0.3, 0.4) is 0 Å². The number of ether oxygens (including phenoxy) is 2. The first kappa shape index (κ1) is 12.3. The van der Waals surface area contributed by atoms with Gasteiger partial charge in [0.2, 0.25) is 0 Å². The molecule has 0 spiro atoms. The summed E-state index contributed by atoms with van der Waals surface area (Å²) in [5, 5.41) is 0. The molecule has 0 aromatic heterocycles. The maximum Gasteiger partial charge on any atom is 1.00 e. The Morgan fingerprint density at radius 3 is 2.70 bits per heavy atom. The molecule has 0 atom stereocenters. The molecule has 0 aliphatic rings. The van der Waals surface area contributed by atoms with Crippen molar-refractivity contribution in [3.05, 3.63) is 12.3 Å². The van der Waals surface area contributed by atoms with Crippen molar-refractivity contribution >= 4 is 5.97 Å². The zero-order valence-corrected chi connectivity index (χ0v) is 6.51. The van der Waals surface area contributed by atoms with Gasteiger partial charge in [-0.15, -0.1) is 0 Å². The third kappa shape index (κ3) is 7.61. The van der Waals surface area contributed by atoms with E-state index in [4.69, 9.17) is 0 Å². The molecule has 4 heteroatoms. The maximum absolute atomic E-state index is 10.4. The average molecular weight is 136 g/mol. The van der Waals surface area contributed by atoms with E-state index < -0.39 is 5.97 Å². The fraction of sp³-hybridized carbons (Fsp3) is 0.500. The minimum Gasteiger partial charge on any atom is -0.541 e. The van der Waals surface area contributed by atoms with E-state index in [2.05, 4.69) is 15.5 Å². The summed E-state index contributed by atoms with van der Waals surface area (Å²) in [5.41, 5.74) is 0. The summed E-state index contributed by atoms with van der Waals surface area (Å²) in [6, 6.07) is 0. The van der Waals surface area contributed by atoms with Crippen LogP contribution in [0.1, 0.15) is 6.92 Å². The minimum absolute atomic E-state index is 0. The van der Waals surface area contributed by atoms with Crippen LogP contribution in [0.4, 0.5) is 0 Å². The van der Waals surface area contributed by atoms with Crippen LogP contribution in [0.15, 0.2) is 6.26 Å². The van der Waals surface area contributed by atoms with Gasteiger partial charge < -0.3 is 15.5 Å². The topological polar surface area (TPSA) is 35.5 Å². The Hall–Kier alpha value is -0.393. The van der Waals surface area contributed by atoms with Crippen LogP contribution in [0.25, 0.3) is 0 Å². The Morgan fingerprint density at radius 1 is 1.70 bits per heavy atom. The molecule has 0 rings (SSSR count). The molecule has 0 saturated carbocycles. The third-order valence-corrected chi connectivity index (χ3v) is 0.570. The number of carbonyl (C=O) groups is 1. The van der Waals surface area contributed by atoms with Crippen molar-refractivity contribution in [2.45, 2.75) is 6.92 Å². The maximum atomic E-state index is 10.4. The molecule has 0 amide bonds. The molecular weight excluding hydrogens is 127 g/mol. The molecule has 10 heavy (non-hydrogen) atoms. The van der Waals surface area contributed by atoms with Gasteiger partial charge in [0.05, 0.1) is 13.7 Å². The molecule has 0 saturated heterocycles. The van der Waals surface area contributed by atoms with Crippen LogP contribution in [-0.4, -0.2) is 19.7 Å². The van der Waals surface area contributed by atoms with Gasteiger partial charge in [-0.05, 0) is 6.92 Å². The van der Waals surface area contributed by atoms with E-state index in [1.807, 2.05) is 0 Å². The number of methoxy groups -OCH3 is 1. The number of hydrogen-bond donors (Lipinski definition) is 0. The molecule has 52 valence electrons. The van der Waals surface area contributed by atoms with E-state index in [-0.39, 0.29) is 18.9 Å². The minimum atomic E-state index is -0.501. The molecule has 0 aliphatic heterocycles. The molecular formula is C6H9LiO3. The molecule has 0 aromatic carbocycles. The quantitative estimate of drug-likeness (QED) is 0.142. The summed E-state index contributed by atoms with van der Waals surface area (Å²) in [6.07, 6.45) is 3.38. The summed E-state index contributed by atoms with van der Waals surface area (Å²) in [7, 11) is 1.44. The van der Waals surface area contributed by atoms with E-state index >= 15 is 0 Å². The van der Waals surface area contributed by atoms with Crippen LogP contribution in [-0.2, 0) is 14.3 Å². The van der Waals surface area contributed by atoms with E-state index in [0.29, 0.717) is 6.61 Å². The van der Waals surface area contributed by atoms with Gasteiger partial charge in [0.25, 0.3) is 0 Å². The van der Waals surface area contributed by atoms with Gasteiger partial charge in [0.1, 0.15) is 5.97 Å². The predicted molar refractivity (Wildman–Crippen MR) is 31.5 cm³/mol. The van der Waals surface area contributed by atoms with Gasteiger partial charge in [-0.2, -0.15) is 0 Å². The molecule has 0 fully saturated rings. The van der Waals surface area contributed by atoms with Gasteiger partial charge >= 0.3 is 18.9 Å². The van der Waals surface area contributed by atoms with Gasteiger partial charge in [-0.1, -0.05) is 6.26 Å². The van der Waals surface area contributed by atoms with Gasteiger partial charge in [-0.25, -0.2) is 0 Å². The SMILES string of the molecule is CCOC(=O)[C-]=COC.[Li+]. The van der Waals surface area contributed by atoms with E-state index in [0.717, 1.165) is 6.26 Å². The van der Waals surface area contributed by atoms with Crippen molar-refractivity contribution in [2.75, 3.05) is 13.7 Å². The van der Waals surface area contributed by atoms with Crippen molar-refractivity contribution in [3.63, 3.8) is 0 Å². The average Bonchev–Trinajstić information content (AvgIpc) is 1.85. The number of hydrogen-bond acceptors (Lipinski definition) is 3. The molecule has 0 aliphatic carbocycles. The van der Waals surface area contributed by atoms with Crippen LogP contribution in [0.5, 0.6) is 0 Å². The first-order valence-corrected chi connectivity index (χ1v) is 2.59. The smallest absolute Gasteiger partial charge is 0.541 e. The largest absolute Gasteiger partial charge is 1.00 e. The molecule has 0 radical (unpaired) electrons. The Balaban J connectivity index is 0. The fourth-order valence-corrected chi connectivity index (χ4v) is 0.280. The predicted octanol–water partition coefficient (Wildman–Crippen LogP) is -2.48. The standard InChI is InChI=1S/C6H9O3.Li/c1-3-9-6(7)4-5-8-2;/h5H,3H2,1-2H3;/q-1;+1. The molecule has 0 heterocycles. The second kappa shape index (κ2) is 8.61. The zero-order valence-electron chi connectivity index (χ0n) is 6.51. The molecule has 3 nitrogen and oxygen atoms in total. The first-order chi connectivity index (χ1) is 4.31. The molecule has 0 unspecified atom stereocenters. The third-order valence-electron chi connectivity index (χ3n) is 0.570. The summed E-state index contributed by atoms with van der Waals surface area (Å²) >= 11 is 0. The van der Waals surface area contributed by atoms with E-state index in [1.165, 1.54) is 7.11 Å². The van der Waals surface area contributed by atoms with E-state index in [9.17, 15) is 4.79 Å². The molecule has 0 aromatic rings. The summed E-state index contributed by atoms with van der Waals surface area (Å²) < 4.78 is 8.90. The van der Waals surface area contributed by atoms with Crippen molar-refractivity contribution in [1.82, 2.24) is 0 Å². The monoisotopic (exact) mass is 136 g/mol. The number of rotatable bonds is 3. The van der Waals surface area contributed by atoms with Gasteiger partial charge in [-0.3, -0.25) is 4.79 Å². The number of esters is 1. The Bertz CT molecular complexity index is 112. The van der Waals surface area contributed by atoms with Crippen LogP contribution in [0, 0.1) is 6.08 Å². The van der Waals surface area contributed by atoms with Crippen molar-refractivity contribution in [1.29, 1.82) is 0 Å². The van der Waals surface area contributed by atoms with Crippen molar-refractivity contribution in [2.24, 2.45) is 0 Å². The second-order valence-corrected chi connectivity index (χ2v) is 1.22. The first-order valence-electron chi connectivity index (χ1n) is 2.59. The Kier molecular flexibility index (Phi) is 10.6. The Labute approximate surface area is 72.6 Å². The van der Waals surface area contributed by atoms with Crippen molar-refractivity contribution < 1.29 is 33.1 Å². The zero-order chi connectivity index (χ0) is 7.11. The van der Waals surface area contributed by atoms with Crippen LogP contribution in [0.2, 0.25) is 0 Å². The molecule has 0 bridgehead atoms. The summed E-state index contributed by atoms with van der Waals surface area (Å²) in [6.45, 7) is 2.09. The fourth-order valence-electron chi connectivity index (χ4n) is 0.280. The van der Waals surface area contributed by atoms with Gasteiger partial charge in [0.15, 0.2) is 0 Å². The van der Waals surface area contributed by atoms with Crippen LogP contribution >= 0.6 is 0 Å². The second-order valence-electron chi connectivity index (χ2n) is 1.22.